The van der Waals surface area contributed by atoms with E-state index in [0.29, 0.717) is 12.4 Å². The number of rotatable bonds is 8. The summed E-state index contributed by atoms with van der Waals surface area (Å²) in [6.07, 6.45) is 1.62. The van der Waals surface area contributed by atoms with Gasteiger partial charge in [-0.3, -0.25) is 25.3 Å². The van der Waals surface area contributed by atoms with Crippen LogP contribution in [0.15, 0.2) is 24.4 Å². The molecule has 0 saturated carbocycles. The molecule has 1 atom stereocenters. The maximum atomic E-state index is 11.8. The number of aromatic nitrogens is 1. The molecule has 1 rings (SSSR count). The molecular formula is C13H20N4O3. The predicted molar refractivity (Wildman–Crippen MR) is 75.0 cm³/mol. The van der Waals surface area contributed by atoms with Crippen molar-refractivity contribution in [3.05, 3.63) is 24.4 Å². The lowest BCUT2D eigenvalue weighted by Crippen LogP contribution is -2.44. The van der Waals surface area contributed by atoms with Crippen molar-refractivity contribution in [2.75, 3.05) is 18.5 Å². The van der Waals surface area contributed by atoms with Crippen LogP contribution in [0.25, 0.3) is 0 Å². The van der Waals surface area contributed by atoms with Gasteiger partial charge in [-0.2, -0.15) is 0 Å². The zero-order valence-corrected chi connectivity index (χ0v) is 11.7. The molecule has 7 nitrogen and oxygen atoms in total. The summed E-state index contributed by atoms with van der Waals surface area (Å²) in [6, 6.07) is 5.11. The molecule has 0 spiro atoms. The Morgan fingerprint density at radius 1 is 1.45 bits per heavy atom. The molecule has 20 heavy (non-hydrogen) atoms. The Morgan fingerprint density at radius 3 is 2.75 bits per heavy atom. The van der Waals surface area contributed by atoms with E-state index in [1.54, 1.807) is 36.2 Å². The standard InChI is InChI=1S/C13H20N4O3/c1-3-17(10(2)8-13(19)20)9-12(18)16-15-11-6-4-5-7-14-11/h4-7,10H,3,8-9H2,1-2H3,(H,14,15)(H,16,18)(H,19,20). The lowest BCUT2D eigenvalue weighted by atomic mass is 10.2. The number of likely N-dealkylation sites (N-methyl/N-ethyl adjacent to an activating group) is 1. The minimum atomic E-state index is -0.872. The van der Waals surface area contributed by atoms with Gasteiger partial charge in [0.15, 0.2) is 0 Å². The van der Waals surface area contributed by atoms with Gasteiger partial charge in [-0.15, -0.1) is 0 Å². The van der Waals surface area contributed by atoms with E-state index >= 15 is 0 Å². The van der Waals surface area contributed by atoms with Gasteiger partial charge in [0, 0.05) is 12.2 Å². The van der Waals surface area contributed by atoms with Crippen LogP contribution in [0.5, 0.6) is 0 Å². The summed E-state index contributed by atoms with van der Waals surface area (Å²) >= 11 is 0. The van der Waals surface area contributed by atoms with Crippen molar-refractivity contribution in [3.8, 4) is 0 Å². The van der Waals surface area contributed by atoms with Crippen LogP contribution in [0.1, 0.15) is 20.3 Å². The van der Waals surface area contributed by atoms with Crippen LogP contribution >= 0.6 is 0 Å². The van der Waals surface area contributed by atoms with Crippen molar-refractivity contribution in [1.29, 1.82) is 0 Å². The van der Waals surface area contributed by atoms with E-state index in [-0.39, 0.29) is 24.9 Å². The Labute approximate surface area is 118 Å². The van der Waals surface area contributed by atoms with Crippen molar-refractivity contribution in [1.82, 2.24) is 15.3 Å². The molecule has 1 aromatic heterocycles. The molecule has 0 aromatic carbocycles. The van der Waals surface area contributed by atoms with Crippen LogP contribution in [-0.2, 0) is 9.59 Å². The fourth-order valence-corrected chi connectivity index (χ4v) is 1.76. The van der Waals surface area contributed by atoms with Gasteiger partial charge in [-0.25, -0.2) is 4.98 Å². The summed E-state index contributed by atoms with van der Waals surface area (Å²) in [4.78, 5) is 28.3. The van der Waals surface area contributed by atoms with E-state index < -0.39 is 5.97 Å². The molecule has 0 saturated heterocycles. The van der Waals surface area contributed by atoms with Gasteiger partial charge in [-0.05, 0) is 25.6 Å². The molecule has 3 N–H and O–H groups in total. The second-order valence-corrected chi connectivity index (χ2v) is 4.40. The molecule has 1 heterocycles. The molecular weight excluding hydrogens is 260 g/mol. The van der Waals surface area contributed by atoms with E-state index in [2.05, 4.69) is 15.8 Å². The number of hydrogen-bond donors (Lipinski definition) is 3. The molecule has 7 heteroatoms. The Kier molecular flexibility index (Phi) is 6.45. The summed E-state index contributed by atoms with van der Waals surface area (Å²) < 4.78 is 0. The van der Waals surface area contributed by atoms with Crippen molar-refractivity contribution in [2.24, 2.45) is 0 Å². The van der Waals surface area contributed by atoms with Crippen molar-refractivity contribution in [2.45, 2.75) is 26.3 Å². The fourth-order valence-electron chi connectivity index (χ4n) is 1.76. The molecule has 0 aliphatic carbocycles. The quantitative estimate of drug-likeness (QED) is 0.607. The Balaban J connectivity index is 2.41. The number of amides is 1. The van der Waals surface area contributed by atoms with Crippen LogP contribution in [0.4, 0.5) is 5.82 Å². The van der Waals surface area contributed by atoms with E-state index in [1.165, 1.54) is 0 Å². The van der Waals surface area contributed by atoms with Crippen LogP contribution < -0.4 is 10.9 Å². The Hall–Kier alpha value is -2.15. The molecule has 0 bridgehead atoms. The number of anilines is 1. The second-order valence-electron chi connectivity index (χ2n) is 4.40. The monoisotopic (exact) mass is 280 g/mol. The van der Waals surface area contributed by atoms with Crippen molar-refractivity contribution >= 4 is 17.7 Å². The first-order chi connectivity index (χ1) is 9.52. The van der Waals surface area contributed by atoms with E-state index in [4.69, 9.17) is 5.11 Å². The van der Waals surface area contributed by atoms with Crippen molar-refractivity contribution < 1.29 is 14.7 Å². The van der Waals surface area contributed by atoms with Gasteiger partial charge in [0.25, 0.3) is 5.91 Å². The van der Waals surface area contributed by atoms with Gasteiger partial charge in [0.1, 0.15) is 5.82 Å². The third-order valence-corrected chi connectivity index (χ3v) is 2.84. The predicted octanol–water partition coefficient (Wildman–Crippen LogP) is 0.710. The number of carbonyl (C=O) groups excluding carboxylic acids is 1. The molecule has 1 aromatic rings. The lowest BCUT2D eigenvalue weighted by molar-refractivity contribution is -0.138. The zero-order chi connectivity index (χ0) is 15.0. The minimum absolute atomic E-state index is 0.00872. The minimum Gasteiger partial charge on any atom is -0.481 e. The number of nitrogens with one attached hydrogen (secondary N) is 2. The molecule has 1 unspecified atom stereocenters. The number of hydrazine groups is 1. The molecule has 0 aliphatic rings. The highest BCUT2D eigenvalue weighted by molar-refractivity contribution is 5.79. The van der Waals surface area contributed by atoms with Gasteiger partial charge < -0.3 is 5.11 Å². The average molecular weight is 280 g/mol. The molecule has 0 aliphatic heterocycles. The third kappa shape index (κ3) is 5.66. The van der Waals surface area contributed by atoms with Crippen molar-refractivity contribution in [3.63, 3.8) is 0 Å². The second kappa shape index (κ2) is 8.11. The topological polar surface area (TPSA) is 94.6 Å². The largest absolute Gasteiger partial charge is 0.481 e. The lowest BCUT2D eigenvalue weighted by Gasteiger charge is -2.25. The summed E-state index contributed by atoms with van der Waals surface area (Å²) in [5, 5.41) is 8.77. The molecule has 0 radical (unpaired) electrons. The summed E-state index contributed by atoms with van der Waals surface area (Å²) in [5.74, 6) is -0.569. The van der Waals surface area contributed by atoms with Crippen LogP contribution in [0, 0.1) is 0 Å². The molecule has 1 amide bonds. The maximum Gasteiger partial charge on any atom is 0.304 e. The number of nitrogens with zero attached hydrogens (tertiary/aromatic N) is 2. The first kappa shape index (κ1) is 15.9. The van der Waals surface area contributed by atoms with Gasteiger partial charge in [0.2, 0.25) is 0 Å². The highest BCUT2D eigenvalue weighted by Gasteiger charge is 2.18. The first-order valence-electron chi connectivity index (χ1n) is 6.44. The molecule has 0 fully saturated rings. The summed E-state index contributed by atoms with van der Waals surface area (Å²) in [6.45, 7) is 4.41. The normalized spacial score (nSPS) is 11.9. The van der Waals surface area contributed by atoms with E-state index in [0.717, 1.165) is 0 Å². The van der Waals surface area contributed by atoms with E-state index in [9.17, 15) is 9.59 Å². The number of hydrogen-bond acceptors (Lipinski definition) is 5. The number of pyridine rings is 1. The summed E-state index contributed by atoms with van der Waals surface area (Å²) in [7, 11) is 0. The smallest absolute Gasteiger partial charge is 0.304 e. The first-order valence-corrected chi connectivity index (χ1v) is 6.44. The number of carboxylic acids is 1. The summed E-state index contributed by atoms with van der Waals surface area (Å²) in [5.41, 5.74) is 5.23. The maximum absolute atomic E-state index is 11.8. The average Bonchev–Trinajstić information content (AvgIpc) is 2.42. The highest BCUT2D eigenvalue weighted by atomic mass is 16.4. The number of carboxylic acid groups (broad SMARTS) is 1. The van der Waals surface area contributed by atoms with Crippen LogP contribution in [0.2, 0.25) is 0 Å². The third-order valence-electron chi connectivity index (χ3n) is 2.84. The number of aliphatic carboxylic acids is 1. The highest BCUT2D eigenvalue weighted by Crippen LogP contribution is 2.03. The SMILES string of the molecule is CCN(CC(=O)NNc1ccccn1)C(C)CC(=O)O. The Bertz CT molecular complexity index is 439. The van der Waals surface area contributed by atoms with Gasteiger partial charge >= 0.3 is 5.97 Å². The fraction of sp³-hybridized carbons (Fsp3) is 0.462. The van der Waals surface area contributed by atoms with Crippen LogP contribution in [-0.4, -0.2) is 46.0 Å². The van der Waals surface area contributed by atoms with E-state index in [1.807, 2.05) is 6.92 Å². The van der Waals surface area contributed by atoms with Gasteiger partial charge in [-0.1, -0.05) is 13.0 Å². The Morgan fingerprint density at radius 2 is 2.20 bits per heavy atom. The number of carbonyl (C=O) groups is 2. The molecule has 110 valence electrons. The van der Waals surface area contributed by atoms with Gasteiger partial charge in [0.05, 0.1) is 13.0 Å². The zero-order valence-electron chi connectivity index (χ0n) is 11.7. The van der Waals surface area contributed by atoms with Crippen LogP contribution in [0.3, 0.4) is 0 Å².